The minimum atomic E-state index is -0.659. The molecule has 0 saturated carbocycles. The van der Waals surface area contributed by atoms with E-state index >= 15 is 0 Å². The number of phenols is 1. The average Bonchev–Trinajstić information content (AvgIpc) is 2.94. The van der Waals surface area contributed by atoms with Crippen LogP contribution >= 0.6 is 0 Å². The van der Waals surface area contributed by atoms with E-state index < -0.39 is 11.2 Å². The summed E-state index contributed by atoms with van der Waals surface area (Å²) < 4.78 is 14.5. The maximum Gasteiger partial charge on any atom is 0.131 e. The van der Waals surface area contributed by atoms with E-state index in [9.17, 15) is 9.50 Å². The van der Waals surface area contributed by atoms with Gasteiger partial charge in [-0.1, -0.05) is 36.4 Å². The molecule has 3 rings (SSSR count). The highest BCUT2D eigenvalue weighted by Gasteiger charge is 2.34. The van der Waals surface area contributed by atoms with E-state index in [1.54, 1.807) is 6.07 Å². The van der Waals surface area contributed by atoms with Crippen LogP contribution in [0.15, 0.2) is 60.7 Å². The van der Waals surface area contributed by atoms with E-state index in [4.69, 9.17) is 0 Å². The van der Waals surface area contributed by atoms with Crippen LogP contribution in [0.3, 0.4) is 0 Å². The first-order chi connectivity index (χ1) is 10.5. The molecule has 0 radical (unpaired) electrons. The Hall–Kier alpha value is -2.55. The lowest BCUT2D eigenvalue weighted by atomic mass is 9.73. The van der Waals surface area contributed by atoms with Crippen LogP contribution in [-0.2, 0) is 5.41 Å². The molecule has 2 nitrogen and oxygen atoms in total. The molecule has 0 aliphatic rings. The number of H-pyrrole nitrogens is 1. The molecule has 0 aliphatic heterocycles. The summed E-state index contributed by atoms with van der Waals surface area (Å²) in [6.07, 6.45) is 0. The second-order valence-corrected chi connectivity index (χ2v) is 5.71. The van der Waals surface area contributed by atoms with Crippen LogP contribution in [0.25, 0.3) is 0 Å². The Morgan fingerprint density at radius 1 is 1.00 bits per heavy atom. The third-order valence-electron chi connectivity index (χ3n) is 4.21. The monoisotopic (exact) mass is 295 g/mol. The molecule has 0 aliphatic carbocycles. The summed E-state index contributed by atoms with van der Waals surface area (Å²) >= 11 is 0. The standard InChI is InChI=1S/C19H18FNO/c1-13-8-11-18(21-13)19(2,14-6-4-3-5-7-14)16-10-9-15(22)12-17(16)20/h3-12,21-22H,1-2H3/t19-/m0/s1. The van der Waals surface area contributed by atoms with Gasteiger partial charge in [0.1, 0.15) is 11.6 Å². The lowest BCUT2D eigenvalue weighted by molar-refractivity contribution is 0.465. The number of halogens is 1. The van der Waals surface area contributed by atoms with Crippen LogP contribution in [0.1, 0.15) is 29.4 Å². The molecule has 112 valence electrons. The Balaban J connectivity index is 2.28. The first-order valence-electron chi connectivity index (χ1n) is 7.22. The molecule has 0 saturated heterocycles. The van der Waals surface area contributed by atoms with Gasteiger partial charge in [-0.25, -0.2) is 4.39 Å². The number of hydrogen-bond acceptors (Lipinski definition) is 1. The Labute approximate surface area is 129 Å². The summed E-state index contributed by atoms with van der Waals surface area (Å²) in [4.78, 5) is 3.33. The van der Waals surface area contributed by atoms with Gasteiger partial charge in [0.2, 0.25) is 0 Å². The highest BCUT2D eigenvalue weighted by Crippen LogP contribution is 2.40. The first kappa shape index (κ1) is 14.4. The van der Waals surface area contributed by atoms with Crippen molar-refractivity contribution in [2.24, 2.45) is 0 Å². The van der Waals surface area contributed by atoms with Crippen LogP contribution < -0.4 is 0 Å². The van der Waals surface area contributed by atoms with Crippen LogP contribution in [0.2, 0.25) is 0 Å². The number of rotatable bonds is 3. The van der Waals surface area contributed by atoms with Crippen molar-refractivity contribution in [2.75, 3.05) is 0 Å². The molecule has 2 aromatic carbocycles. The largest absolute Gasteiger partial charge is 0.508 e. The highest BCUT2D eigenvalue weighted by atomic mass is 19.1. The molecule has 3 heteroatoms. The molecule has 0 bridgehead atoms. The van der Waals surface area contributed by atoms with E-state index in [1.807, 2.05) is 56.3 Å². The summed E-state index contributed by atoms with van der Waals surface area (Å²) in [6.45, 7) is 3.96. The normalized spacial score (nSPS) is 13.8. The van der Waals surface area contributed by atoms with Crippen molar-refractivity contribution in [2.45, 2.75) is 19.3 Å². The Morgan fingerprint density at radius 2 is 1.73 bits per heavy atom. The lowest BCUT2D eigenvalue weighted by Crippen LogP contribution is -2.27. The van der Waals surface area contributed by atoms with Crippen LogP contribution in [0.5, 0.6) is 5.75 Å². The molecule has 0 unspecified atom stereocenters. The SMILES string of the molecule is Cc1ccc([C@@](C)(c2ccccc2)c2ccc(O)cc2F)[nH]1. The van der Waals surface area contributed by atoms with Crippen molar-refractivity contribution < 1.29 is 9.50 Å². The van der Waals surface area contributed by atoms with Gasteiger partial charge >= 0.3 is 0 Å². The van der Waals surface area contributed by atoms with Gasteiger partial charge < -0.3 is 10.1 Å². The van der Waals surface area contributed by atoms with Crippen molar-refractivity contribution in [3.05, 3.63) is 89.0 Å². The van der Waals surface area contributed by atoms with E-state index in [2.05, 4.69) is 4.98 Å². The van der Waals surface area contributed by atoms with E-state index in [0.29, 0.717) is 5.56 Å². The van der Waals surface area contributed by atoms with Crippen molar-refractivity contribution >= 4 is 0 Å². The van der Waals surface area contributed by atoms with Crippen LogP contribution in [0, 0.1) is 12.7 Å². The predicted molar refractivity (Wildman–Crippen MR) is 85.6 cm³/mol. The van der Waals surface area contributed by atoms with Gasteiger partial charge in [-0.15, -0.1) is 0 Å². The Kier molecular flexibility index (Phi) is 3.49. The van der Waals surface area contributed by atoms with Gasteiger partial charge in [0.15, 0.2) is 0 Å². The number of nitrogens with one attached hydrogen (secondary N) is 1. The fraction of sp³-hybridized carbons (Fsp3) is 0.158. The molecule has 0 fully saturated rings. The van der Waals surface area contributed by atoms with Gasteiger partial charge in [0.25, 0.3) is 0 Å². The highest BCUT2D eigenvalue weighted by molar-refractivity contribution is 5.49. The molecule has 22 heavy (non-hydrogen) atoms. The van der Waals surface area contributed by atoms with Gasteiger partial charge in [-0.05, 0) is 37.6 Å². The fourth-order valence-corrected chi connectivity index (χ4v) is 2.93. The smallest absolute Gasteiger partial charge is 0.131 e. The number of aromatic amines is 1. The van der Waals surface area contributed by atoms with Gasteiger partial charge in [-0.3, -0.25) is 0 Å². The molecule has 2 N–H and O–H groups in total. The zero-order valence-electron chi connectivity index (χ0n) is 12.6. The van der Waals surface area contributed by atoms with Crippen molar-refractivity contribution in [1.29, 1.82) is 0 Å². The number of hydrogen-bond donors (Lipinski definition) is 2. The molecule has 1 atom stereocenters. The number of aryl methyl sites for hydroxylation is 1. The quantitative estimate of drug-likeness (QED) is 0.732. The molecule has 0 amide bonds. The van der Waals surface area contributed by atoms with Crippen molar-refractivity contribution in [3.8, 4) is 5.75 Å². The second-order valence-electron chi connectivity index (χ2n) is 5.71. The summed E-state index contributed by atoms with van der Waals surface area (Å²) in [5.41, 5.74) is 2.80. The molecule has 1 heterocycles. The topological polar surface area (TPSA) is 36.0 Å². The summed E-state index contributed by atoms with van der Waals surface area (Å²) in [6, 6.07) is 18.1. The van der Waals surface area contributed by atoms with E-state index in [0.717, 1.165) is 23.0 Å². The summed E-state index contributed by atoms with van der Waals surface area (Å²) in [5.74, 6) is -0.488. The minimum Gasteiger partial charge on any atom is -0.508 e. The van der Waals surface area contributed by atoms with Crippen molar-refractivity contribution in [1.82, 2.24) is 4.98 Å². The molecule has 1 aromatic heterocycles. The predicted octanol–water partition coefficient (Wildman–Crippen LogP) is 4.52. The first-order valence-corrected chi connectivity index (χ1v) is 7.22. The van der Waals surface area contributed by atoms with Gasteiger partial charge in [0, 0.05) is 23.0 Å². The minimum absolute atomic E-state index is 0.0701. The number of aromatic hydroxyl groups is 1. The molecular formula is C19H18FNO. The van der Waals surface area contributed by atoms with Gasteiger partial charge in [0.05, 0.1) is 5.41 Å². The summed E-state index contributed by atoms with van der Waals surface area (Å²) in [7, 11) is 0. The second kappa shape index (κ2) is 5.34. The van der Waals surface area contributed by atoms with E-state index in [1.165, 1.54) is 6.07 Å². The van der Waals surface area contributed by atoms with Gasteiger partial charge in [-0.2, -0.15) is 0 Å². The molecule has 0 spiro atoms. The fourth-order valence-electron chi connectivity index (χ4n) is 2.93. The Bertz CT molecular complexity index is 794. The van der Waals surface area contributed by atoms with E-state index in [-0.39, 0.29) is 5.75 Å². The Morgan fingerprint density at radius 3 is 2.32 bits per heavy atom. The third kappa shape index (κ3) is 2.29. The number of benzene rings is 2. The lowest BCUT2D eigenvalue weighted by Gasteiger charge is -2.30. The maximum atomic E-state index is 14.5. The zero-order chi connectivity index (χ0) is 15.7. The summed E-state index contributed by atoms with van der Waals surface area (Å²) in [5, 5.41) is 9.50. The molecule has 3 aromatic rings. The molecular weight excluding hydrogens is 277 g/mol. The zero-order valence-corrected chi connectivity index (χ0v) is 12.6. The number of aromatic nitrogens is 1. The van der Waals surface area contributed by atoms with Crippen LogP contribution in [-0.4, -0.2) is 10.1 Å². The van der Waals surface area contributed by atoms with Crippen molar-refractivity contribution in [3.63, 3.8) is 0 Å². The van der Waals surface area contributed by atoms with Crippen LogP contribution in [0.4, 0.5) is 4.39 Å². The average molecular weight is 295 g/mol. The maximum absolute atomic E-state index is 14.5. The third-order valence-corrected chi connectivity index (χ3v) is 4.21. The number of phenolic OH excluding ortho intramolecular Hbond substituents is 1.